The summed E-state index contributed by atoms with van der Waals surface area (Å²) in [6.07, 6.45) is 0. The van der Waals surface area contributed by atoms with E-state index in [2.05, 4.69) is 6.58 Å². The van der Waals surface area contributed by atoms with Gasteiger partial charge in [0.05, 0.1) is 0 Å². The van der Waals surface area contributed by atoms with E-state index >= 15 is 0 Å². The van der Waals surface area contributed by atoms with Crippen molar-refractivity contribution in [1.29, 1.82) is 0 Å². The molecule has 0 amide bonds. The molecule has 0 bridgehead atoms. The number of carboxylic acid groups (broad SMARTS) is 1. The SMILES string of the molecule is C=C(F)C(=O)O.[H-].[Na+]. The minimum Gasteiger partial charge on any atom is -1.00 e. The predicted molar refractivity (Wildman–Crippen MR) is 19.0 cm³/mol. The molecule has 36 valence electrons. The maximum absolute atomic E-state index is 11.0. The summed E-state index contributed by atoms with van der Waals surface area (Å²) in [6.45, 7) is 2.49. The van der Waals surface area contributed by atoms with Crippen LogP contribution in [-0.2, 0) is 4.79 Å². The molecule has 0 spiro atoms. The van der Waals surface area contributed by atoms with E-state index in [1.54, 1.807) is 0 Å². The number of hydrogen-bond donors (Lipinski definition) is 1. The maximum Gasteiger partial charge on any atom is 1.00 e. The monoisotopic (exact) mass is 114 g/mol. The van der Waals surface area contributed by atoms with Crippen LogP contribution in [0.5, 0.6) is 0 Å². The topological polar surface area (TPSA) is 37.3 Å². The molecule has 0 aromatic rings. The molecule has 0 fully saturated rings. The fraction of sp³-hybridized carbons (Fsp3) is 0. The van der Waals surface area contributed by atoms with Gasteiger partial charge in [-0.1, -0.05) is 6.58 Å². The molecule has 0 aliphatic heterocycles. The van der Waals surface area contributed by atoms with Gasteiger partial charge in [0.2, 0.25) is 5.83 Å². The third-order valence-corrected chi connectivity index (χ3v) is 0.232. The molecule has 0 unspecified atom stereocenters. The largest absolute Gasteiger partial charge is 1.00 e. The molecule has 0 aromatic carbocycles. The Morgan fingerprint density at radius 3 is 2.00 bits per heavy atom. The summed E-state index contributed by atoms with van der Waals surface area (Å²) in [5.41, 5.74) is 0. The quantitative estimate of drug-likeness (QED) is 0.306. The molecular formula is C3H4FNaO2. The van der Waals surface area contributed by atoms with Crippen LogP contribution in [0.1, 0.15) is 1.43 Å². The predicted octanol–water partition coefficient (Wildman–Crippen LogP) is -2.33. The smallest absolute Gasteiger partial charge is 1.00 e. The Hall–Kier alpha value is 0.140. The van der Waals surface area contributed by atoms with Crippen molar-refractivity contribution in [3.63, 3.8) is 0 Å². The van der Waals surface area contributed by atoms with Gasteiger partial charge in [-0.05, 0) is 0 Å². The van der Waals surface area contributed by atoms with Crippen molar-refractivity contribution < 1.29 is 45.3 Å². The Bertz CT molecular complexity index is 83.3. The first-order valence-corrected chi connectivity index (χ1v) is 1.22. The average molecular weight is 114 g/mol. The number of rotatable bonds is 1. The fourth-order valence-corrected chi connectivity index (χ4v) is 0. The third-order valence-electron chi connectivity index (χ3n) is 0.232. The Morgan fingerprint density at radius 1 is 1.86 bits per heavy atom. The van der Waals surface area contributed by atoms with E-state index in [4.69, 9.17) is 5.11 Å². The zero-order chi connectivity index (χ0) is 5.15. The summed E-state index contributed by atoms with van der Waals surface area (Å²) >= 11 is 0. The third kappa shape index (κ3) is 6.14. The van der Waals surface area contributed by atoms with Gasteiger partial charge in [0.15, 0.2) is 0 Å². The summed E-state index contributed by atoms with van der Waals surface area (Å²) in [7, 11) is 0. The van der Waals surface area contributed by atoms with Gasteiger partial charge in [-0.3, -0.25) is 0 Å². The van der Waals surface area contributed by atoms with E-state index in [-0.39, 0.29) is 31.0 Å². The molecule has 4 heteroatoms. The number of aliphatic carboxylic acids is 1. The van der Waals surface area contributed by atoms with Crippen molar-refractivity contribution in [1.82, 2.24) is 0 Å². The van der Waals surface area contributed by atoms with Crippen LogP contribution < -0.4 is 29.6 Å². The Labute approximate surface area is 63.8 Å². The fourth-order valence-electron chi connectivity index (χ4n) is 0. The molecule has 0 aliphatic rings. The second kappa shape index (κ2) is 4.30. The van der Waals surface area contributed by atoms with Gasteiger partial charge >= 0.3 is 35.5 Å². The molecule has 7 heavy (non-hydrogen) atoms. The van der Waals surface area contributed by atoms with Crippen molar-refractivity contribution in [3.05, 3.63) is 12.4 Å². The molecular weight excluding hydrogens is 110 g/mol. The van der Waals surface area contributed by atoms with Gasteiger partial charge in [-0.15, -0.1) is 0 Å². The molecule has 1 N–H and O–H groups in total. The van der Waals surface area contributed by atoms with E-state index in [1.165, 1.54) is 0 Å². The van der Waals surface area contributed by atoms with Crippen LogP contribution in [0, 0.1) is 0 Å². The Morgan fingerprint density at radius 2 is 2.00 bits per heavy atom. The van der Waals surface area contributed by atoms with Gasteiger partial charge in [0.25, 0.3) is 0 Å². The van der Waals surface area contributed by atoms with Gasteiger partial charge < -0.3 is 6.53 Å². The van der Waals surface area contributed by atoms with E-state index < -0.39 is 11.8 Å². The first-order chi connectivity index (χ1) is 2.64. The summed E-state index contributed by atoms with van der Waals surface area (Å²) in [5.74, 6) is -2.93. The Balaban J connectivity index is -0.000000125. The summed E-state index contributed by atoms with van der Waals surface area (Å²) in [6, 6.07) is 0. The molecule has 0 heterocycles. The van der Waals surface area contributed by atoms with Crippen LogP contribution in [0.15, 0.2) is 12.4 Å². The number of halogens is 1. The maximum atomic E-state index is 11.0. The molecule has 2 nitrogen and oxygen atoms in total. The molecule has 0 aromatic heterocycles. The van der Waals surface area contributed by atoms with Crippen molar-refractivity contribution in [2.75, 3.05) is 0 Å². The molecule has 0 radical (unpaired) electrons. The minimum absolute atomic E-state index is 0. The Kier molecular flexibility index (Phi) is 6.26. The van der Waals surface area contributed by atoms with E-state index in [0.29, 0.717) is 0 Å². The van der Waals surface area contributed by atoms with E-state index in [0.717, 1.165) is 0 Å². The zero-order valence-electron chi connectivity index (χ0n) is 4.94. The normalized spacial score (nSPS) is 6.43. The van der Waals surface area contributed by atoms with Gasteiger partial charge in [0, 0.05) is 0 Å². The average Bonchev–Trinajstić information content (AvgIpc) is 1.36. The van der Waals surface area contributed by atoms with Crippen molar-refractivity contribution in [2.45, 2.75) is 0 Å². The van der Waals surface area contributed by atoms with Crippen LogP contribution in [0.2, 0.25) is 0 Å². The van der Waals surface area contributed by atoms with Crippen molar-refractivity contribution >= 4 is 5.97 Å². The van der Waals surface area contributed by atoms with Crippen LogP contribution >= 0.6 is 0 Å². The van der Waals surface area contributed by atoms with E-state index in [1.807, 2.05) is 0 Å². The first kappa shape index (κ1) is 10.2. The minimum atomic E-state index is -1.60. The summed E-state index contributed by atoms with van der Waals surface area (Å²) < 4.78 is 11.0. The van der Waals surface area contributed by atoms with Crippen LogP contribution in [0.3, 0.4) is 0 Å². The number of hydrogen-bond acceptors (Lipinski definition) is 1. The standard InChI is InChI=1S/C3H3FO2.Na.H/c1-2(4)3(5)6;;/h1H2,(H,5,6);;/q;+1;-1. The van der Waals surface area contributed by atoms with E-state index in [9.17, 15) is 9.18 Å². The molecule has 0 rings (SSSR count). The van der Waals surface area contributed by atoms with Crippen LogP contribution in [0.25, 0.3) is 0 Å². The molecule has 0 saturated heterocycles. The van der Waals surface area contributed by atoms with Crippen LogP contribution in [-0.4, -0.2) is 11.1 Å². The molecule has 0 saturated carbocycles. The van der Waals surface area contributed by atoms with Crippen LogP contribution in [0.4, 0.5) is 4.39 Å². The first-order valence-electron chi connectivity index (χ1n) is 1.22. The summed E-state index contributed by atoms with van der Waals surface area (Å²) in [5, 5.41) is 7.52. The second-order valence-electron chi connectivity index (χ2n) is 0.710. The summed E-state index contributed by atoms with van der Waals surface area (Å²) in [4.78, 5) is 9.22. The second-order valence-corrected chi connectivity index (χ2v) is 0.710. The molecule has 0 atom stereocenters. The van der Waals surface area contributed by atoms with Gasteiger partial charge in [0.1, 0.15) is 0 Å². The van der Waals surface area contributed by atoms with Crippen molar-refractivity contribution in [3.8, 4) is 0 Å². The molecule has 0 aliphatic carbocycles. The zero-order valence-corrected chi connectivity index (χ0v) is 5.94. The van der Waals surface area contributed by atoms with Crippen molar-refractivity contribution in [2.24, 2.45) is 0 Å². The van der Waals surface area contributed by atoms with Gasteiger partial charge in [-0.25, -0.2) is 4.79 Å². The van der Waals surface area contributed by atoms with Gasteiger partial charge in [-0.2, -0.15) is 4.39 Å². The number of carboxylic acids is 1. The number of carbonyl (C=O) groups is 1.